The lowest BCUT2D eigenvalue weighted by molar-refractivity contribution is -0.226. The lowest BCUT2D eigenvalue weighted by atomic mass is 9.33. The maximum atomic E-state index is 13.1. The van der Waals surface area contributed by atoms with E-state index in [2.05, 4.69) is 48.5 Å². The minimum Gasteiger partial charge on any atom is -0.377 e. The predicted octanol–water partition coefficient (Wildman–Crippen LogP) is 7.06. The van der Waals surface area contributed by atoms with Crippen molar-refractivity contribution in [2.45, 2.75) is 112 Å². The molecule has 2 nitrogen and oxygen atoms in total. The first-order valence-electron chi connectivity index (χ1n) is 13.5. The zero-order valence-electron chi connectivity index (χ0n) is 21.3. The van der Waals surface area contributed by atoms with Crippen molar-refractivity contribution in [3.05, 3.63) is 0 Å². The fraction of sp³-hybridized carbons (Fsp3) is 0.966. The highest BCUT2D eigenvalue weighted by Crippen LogP contribution is 2.78. The Morgan fingerprint density at radius 3 is 2.23 bits per heavy atom. The van der Waals surface area contributed by atoms with Crippen LogP contribution in [0.25, 0.3) is 0 Å². The van der Waals surface area contributed by atoms with Crippen molar-refractivity contribution in [3.63, 3.8) is 0 Å². The summed E-state index contributed by atoms with van der Waals surface area (Å²) in [6, 6.07) is 0. The summed E-state index contributed by atoms with van der Waals surface area (Å²) in [4.78, 5) is 13.1. The number of hydrogen-bond donors (Lipinski definition) is 0. The molecule has 0 aromatic rings. The number of carbonyl (C=O) groups is 1. The second-order valence-electron chi connectivity index (χ2n) is 15.1. The molecule has 0 aromatic carbocycles. The van der Waals surface area contributed by atoms with Crippen LogP contribution in [0.15, 0.2) is 0 Å². The van der Waals surface area contributed by atoms with E-state index in [1.807, 2.05) is 0 Å². The fourth-order valence-corrected chi connectivity index (χ4v) is 11.5. The molecule has 6 aliphatic rings. The van der Waals surface area contributed by atoms with Crippen molar-refractivity contribution in [1.29, 1.82) is 0 Å². The van der Waals surface area contributed by atoms with E-state index in [0.29, 0.717) is 45.4 Å². The van der Waals surface area contributed by atoms with Gasteiger partial charge in [-0.3, -0.25) is 4.79 Å². The first kappa shape index (κ1) is 21.2. The first-order chi connectivity index (χ1) is 14.3. The van der Waals surface area contributed by atoms with Gasteiger partial charge in [0.2, 0.25) is 0 Å². The molecule has 0 radical (unpaired) electrons. The molecule has 6 fully saturated rings. The van der Waals surface area contributed by atoms with E-state index in [0.717, 1.165) is 24.9 Å². The van der Waals surface area contributed by atoms with Crippen molar-refractivity contribution in [2.75, 3.05) is 6.61 Å². The van der Waals surface area contributed by atoms with Crippen LogP contribution < -0.4 is 0 Å². The Balaban J connectivity index is 1.41. The molecule has 6 rings (SSSR count). The van der Waals surface area contributed by atoms with E-state index in [-0.39, 0.29) is 10.8 Å². The summed E-state index contributed by atoms with van der Waals surface area (Å²) in [6.07, 6.45) is 12.1. The molecule has 1 heterocycles. The molecule has 5 aliphatic carbocycles. The Labute approximate surface area is 190 Å². The maximum absolute atomic E-state index is 13.1. The van der Waals surface area contributed by atoms with Crippen molar-refractivity contribution in [3.8, 4) is 0 Å². The van der Waals surface area contributed by atoms with Crippen LogP contribution in [0.5, 0.6) is 0 Å². The van der Waals surface area contributed by atoms with Gasteiger partial charge >= 0.3 is 0 Å². The number of ether oxygens (including phenoxy) is 1. The second kappa shape index (κ2) is 5.81. The topological polar surface area (TPSA) is 26.3 Å². The number of rotatable bonds is 0. The lowest BCUT2D eigenvalue weighted by Gasteiger charge is -2.71. The molecule has 0 amide bonds. The van der Waals surface area contributed by atoms with E-state index in [9.17, 15) is 4.79 Å². The molecule has 5 saturated carbocycles. The molecule has 9 atom stereocenters. The van der Waals surface area contributed by atoms with Gasteiger partial charge in [-0.05, 0) is 102 Å². The summed E-state index contributed by atoms with van der Waals surface area (Å²) in [5.74, 6) is 3.39. The van der Waals surface area contributed by atoms with Gasteiger partial charge < -0.3 is 4.74 Å². The molecule has 0 spiro atoms. The maximum Gasteiger partial charge on any atom is 0.139 e. The Bertz CT molecular complexity index is 827. The van der Waals surface area contributed by atoms with Crippen LogP contribution in [0.4, 0.5) is 0 Å². The van der Waals surface area contributed by atoms with E-state index < -0.39 is 0 Å². The molecule has 2 bridgehead atoms. The Morgan fingerprint density at radius 2 is 1.48 bits per heavy atom. The zero-order valence-corrected chi connectivity index (χ0v) is 21.3. The lowest BCUT2D eigenvalue weighted by Crippen LogP contribution is -2.65. The monoisotopic (exact) mass is 426 g/mol. The van der Waals surface area contributed by atoms with Crippen LogP contribution in [0.1, 0.15) is 106 Å². The highest BCUT2D eigenvalue weighted by molar-refractivity contribution is 5.88. The van der Waals surface area contributed by atoms with Gasteiger partial charge in [0.15, 0.2) is 0 Å². The van der Waals surface area contributed by atoms with E-state index in [1.54, 1.807) is 0 Å². The summed E-state index contributed by atoms with van der Waals surface area (Å²) in [5, 5.41) is 0. The number of hydrogen-bond acceptors (Lipinski definition) is 2. The first-order valence-corrected chi connectivity index (χ1v) is 13.5. The summed E-state index contributed by atoms with van der Waals surface area (Å²) >= 11 is 0. The third-order valence-electron chi connectivity index (χ3n) is 13.5. The smallest absolute Gasteiger partial charge is 0.139 e. The zero-order chi connectivity index (χ0) is 22.2. The highest BCUT2D eigenvalue weighted by atomic mass is 16.5. The van der Waals surface area contributed by atoms with Crippen LogP contribution in [-0.4, -0.2) is 18.5 Å². The molecule has 174 valence electrons. The van der Waals surface area contributed by atoms with Crippen LogP contribution in [0.3, 0.4) is 0 Å². The number of ketones is 1. The van der Waals surface area contributed by atoms with E-state index >= 15 is 0 Å². The van der Waals surface area contributed by atoms with Crippen molar-refractivity contribution in [2.24, 2.45) is 56.2 Å². The Kier molecular flexibility index (Phi) is 3.97. The van der Waals surface area contributed by atoms with Gasteiger partial charge in [-0.2, -0.15) is 0 Å². The Morgan fingerprint density at radius 1 is 0.774 bits per heavy atom. The summed E-state index contributed by atoms with van der Waals surface area (Å²) < 4.78 is 6.68. The van der Waals surface area contributed by atoms with Crippen molar-refractivity contribution in [1.82, 2.24) is 0 Å². The number of carbonyl (C=O) groups excluding carboxylic acids is 1. The van der Waals surface area contributed by atoms with Crippen molar-refractivity contribution >= 4 is 5.78 Å². The minimum atomic E-state index is -0.120. The summed E-state index contributed by atoms with van der Waals surface area (Å²) in [7, 11) is 0. The molecule has 0 aromatic heterocycles. The largest absolute Gasteiger partial charge is 0.377 e. The third-order valence-corrected chi connectivity index (χ3v) is 13.5. The van der Waals surface area contributed by atoms with Crippen LogP contribution in [0, 0.1) is 56.2 Å². The van der Waals surface area contributed by atoms with Gasteiger partial charge in [0.25, 0.3) is 0 Å². The number of fused-ring (bicyclic) bond motifs is 5. The normalized spacial score (nSPS) is 58.8. The van der Waals surface area contributed by atoms with Gasteiger partial charge in [-0.25, -0.2) is 0 Å². The second-order valence-corrected chi connectivity index (χ2v) is 15.1. The average Bonchev–Trinajstić information content (AvgIpc) is 3.10. The fourth-order valence-electron chi connectivity index (χ4n) is 11.5. The predicted molar refractivity (Wildman–Crippen MR) is 125 cm³/mol. The summed E-state index contributed by atoms with van der Waals surface area (Å²) in [5.41, 5.74) is 1.65. The Hall–Kier alpha value is -0.370. The SMILES string of the molecule is CC1(C)CCC23CC[C@]4(C)C(CCC5[C@@]6(C)CC(=O)C(C)(C)C6CC[C@]54C)C2C1OC3. The molecule has 31 heavy (non-hydrogen) atoms. The van der Waals surface area contributed by atoms with E-state index in [1.165, 1.54) is 51.4 Å². The standard InChI is InChI=1S/C29H46O2/c1-24(2)12-14-29-15-13-27(6)18(22(29)23(24)31-17-29)8-9-20-26(5)16-21(30)25(3,4)19(26)10-11-28(20,27)7/h18-20,22-23H,8-17H2,1-7H3/t18?,19?,20?,22?,23?,26-,27+,28+,29?/m0/s1. The van der Waals surface area contributed by atoms with Crippen LogP contribution in [0.2, 0.25) is 0 Å². The van der Waals surface area contributed by atoms with Crippen LogP contribution >= 0.6 is 0 Å². The number of Topliss-reactive ketones (excluding diaryl/α,β-unsaturated/α-hetero) is 1. The molecule has 1 saturated heterocycles. The van der Waals surface area contributed by atoms with E-state index in [4.69, 9.17) is 4.74 Å². The quantitative estimate of drug-likeness (QED) is 0.414. The molecule has 1 aliphatic heterocycles. The molecule has 6 unspecified atom stereocenters. The van der Waals surface area contributed by atoms with Gasteiger partial charge in [0, 0.05) is 11.8 Å². The minimum absolute atomic E-state index is 0.120. The molecule has 2 heteroatoms. The molecule has 0 N–H and O–H groups in total. The van der Waals surface area contributed by atoms with Crippen molar-refractivity contribution < 1.29 is 9.53 Å². The molecular formula is C29H46O2. The van der Waals surface area contributed by atoms with Crippen LogP contribution in [-0.2, 0) is 9.53 Å². The van der Waals surface area contributed by atoms with Gasteiger partial charge in [-0.15, -0.1) is 0 Å². The average molecular weight is 427 g/mol. The van der Waals surface area contributed by atoms with Gasteiger partial charge in [0.05, 0.1) is 12.7 Å². The summed E-state index contributed by atoms with van der Waals surface area (Å²) in [6.45, 7) is 18.4. The van der Waals surface area contributed by atoms with Gasteiger partial charge in [-0.1, -0.05) is 48.5 Å². The highest BCUT2D eigenvalue weighted by Gasteiger charge is 2.73. The molecular weight excluding hydrogens is 380 g/mol. The third kappa shape index (κ3) is 2.23. The van der Waals surface area contributed by atoms with Gasteiger partial charge in [0.1, 0.15) is 5.78 Å².